The topological polar surface area (TPSA) is 57.2 Å². The Kier molecular flexibility index (Phi) is 9.01. The molecule has 0 bridgehead atoms. The monoisotopic (exact) mass is 500 g/mol. The van der Waals surface area contributed by atoms with Gasteiger partial charge in [-0.25, -0.2) is 4.99 Å². The third kappa shape index (κ3) is 6.07. The van der Waals surface area contributed by atoms with Crippen molar-refractivity contribution >= 4 is 35.8 Å². The molecule has 2 aliphatic rings. The Morgan fingerprint density at radius 2 is 2.04 bits per heavy atom. The number of amides is 1. The summed E-state index contributed by atoms with van der Waals surface area (Å²) < 4.78 is 5.58. The number of ether oxygens (including phenoxy) is 1. The van der Waals surface area contributed by atoms with Gasteiger partial charge in [0.25, 0.3) is 0 Å². The second-order valence-electron chi connectivity index (χ2n) is 7.82. The fourth-order valence-electron chi connectivity index (χ4n) is 3.83. The minimum absolute atomic E-state index is 0. The molecule has 156 valence electrons. The van der Waals surface area contributed by atoms with Gasteiger partial charge in [-0.15, -0.1) is 24.0 Å². The van der Waals surface area contributed by atoms with Gasteiger partial charge in [0.2, 0.25) is 5.91 Å². The lowest BCUT2D eigenvalue weighted by molar-refractivity contribution is -0.127. The maximum Gasteiger partial charge on any atom is 0.243 e. The molecular formula is C21H33IN4O2. The average molecular weight is 500 g/mol. The van der Waals surface area contributed by atoms with Gasteiger partial charge in [0.15, 0.2) is 5.96 Å². The number of likely N-dealkylation sites (tertiary alicyclic amines) is 1. The van der Waals surface area contributed by atoms with Gasteiger partial charge in [-0.1, -0.05) is 30.3 Å². The lowest BCUT2D eigenvalue weighted by Gasteiger charge is -2.26. The van der Waals surface area contributed by atoms with E-state index in [1.807, 2.05) is 18.2 Å². The predicted molar refractivity (Wildman–Crippen MR) is 123 cm³/mol. The number of benzene rings is 1. The minimum atomic E-state index is 0. The highest BCUT2D eigenvalue weighted by Gasteiger charge is 2.33. The lowest BCUT2D eigenvalue weighted by atomic mass is 9.91. The number of hydrogen-bond acceptors (Lipinski definition) is 3. The summed E-state index contributed by atoms with van der Waals surface area (Å²) in [5.41, 5.74) is 1.21. The van der Waals surface area contributed by atoms with Crippen molar-refractivity contribution in [2.24, 2.45) is 16.8 Å². The summed E-state index contributed by atoms with van der Waals surface area (Å²) in [6.07, 6.45) is 2.33. The molecule has 0 spiro atoms. The van der Waals surface area contributed by atoms with E-state index in [0.29, 0.717) is 11.8 Å². The van der Waals surface area contributed by atoms with E-state index in [4.69, 9.17) is 4.74 Å². The predicted octanol–water partition coefficient (Wildman–Crippen LogP) is 2.76. The maximum absolute atomic E-state index is 12.0. The van der Waals surface area contributed by atoms with E-state index in [2.05, 4.69) is 34.3 Å². The van der Waals surface area contributed by atoms with E-state index in [1.165, 1.54) is 5.56 Å². The smallest absolute Gasteiger partial charge is 0.243 e. The van der Waals surface area contributed by atoms with E-state index in [9.17, 15) is 4.79 Å². The van der Waals surface area contributed by atoms with Crippen LogP contribution in [0.25, 0.3) is 0 Å². The zero-order valence-corrected chi connectivity index (χ0v) is 19.5. The fraction of sp³-hybridized carbons (Fsp3) is 0.619. The summed E-state index contributed by atoms with van der Waals surface area (Å²) in [6.45, 7) is 6.05. The second kappa shape index (κ2) is 11.0. The van der Waals surface area contributed by atoms with Crippen molar-refractivity contribution in [2.45, 2.75) is 25.8 Å². The number of carbonyl (C=O) groups excluding carboxylic acids is 1. The van der Waals surface area contributed by atoms with Crippen LogP contribution in [0, 0.1) is 11.8 Å². The number of likely N-dealkylation sites (N-methyl/N-ethyl adjacent to an activating group) is 1. The Morgan fingerprint density at radius 1 is 1.29 bits per heavy atom. The van der Waals surface area contributed by atoms with Gasteiger partial charge in [0.05, 0.1) is 6.04 Å². The number of carbonyl (C=O) groups is 1. The van der Waals surface area contributed by atoms with E-state index in [-0.39, 0.29) is 42.5 Å². The molecule has 1 N–H and O–H groups in total. The standard InChI is InChI=1S/C21H32N4O2.HI/c1-16(17-7-5-4-6-8-17)23-21(22-13-20(26)24(2)3)25-11-9-18(14-25)19-10-12-27-15-19;/h4-8,16,18-19H,9-15H2,1-3H3,(H,22,23);1H. The van der Waals surface area contributed by atoms with Crippen LogP contribution in [0.3, 0.4) is 0 Å². The van der Waals surface area contributed by atoms with Crippen LogP contribution in [-0.4, -0.2) is 68.6 Å². The second-order valence-corrected chi connectivity index (χ2v) is 7.82. The number of nitrogens with one attached hydrogen (secondary N) is 1. The molecule has 2 aliphatic heterocycles. The molecule has 1 aromatic carbocycles. The van der Waals surface area contributed by atoms with Crippen molar-refractivity contribution in [1.29, 1.82) is 0 Å². The lowest BCUT2D eigenvalue weighted by Crippen LogP contribution is -2.42. The van der Waals surface area contributed by atoms with Crippen molar-refractivity contribution in [1.82, 2.24) is 15.1 Å². The molecule has 3 unspecified atom stereocenters. The summed E-state index contributed by atoms with van der Waals surface area (Å²) in [5.74, 6) is 2.16. The number of rotatable bonds is 5. The summed E-state index contributed by atoms with van der Waals surface area (Å²) >= 11 is 0. The van der Waals surface area contributed by atoms with E-state index in [0.717, 1.165) is 45.1 Å². The quantitative estimate of drug-likeness (QED) is 0.384. The first-order valence-corrected chi connectivity index (χ1v) is 9.93. The molecule has 3 atom stereocenters. The molecule has 1 aromatic rings. The van der Waals surface area contributed by atoms with Crippen LogP contribution in [0.4, 0.5) is 0 Å². The molecule has 6 nitrogen and oxygen atoms in total. The van der Waals surface area contributed by atoms with Gasteiger partial charge in [-0.2, -0.15) is 0 Å². The van der Waals surface area contributed by atoms with Gasteiger partial charge < -0.3 is 19.9 Å². The molecular weight excluding hydrogens is 467 g/mol. The summed E-state index contributed by atoms with van der Waals surface area (Å²) in [6, 6.07) is 10.5. The third-order valence-electron chi connectivity index (χ3n) is 5.66. The summed E-state index contributed by atoms with van der Waals surface area (Å²) in [5, 5.41) is 3.55. The first-order valence-electron chi connectivity index (χ1n) is 9.93. The Morgan fingerprint density at radius 3 is 2.68 bits per heavy atom. The van der Waals surface area contributed by atoms with E-state index >= 15 is 0 Å². The molecule has 0 aromatic heterocycles. The van der Waals surface area contributed by atoms with Crippen LogP contribution in [0.1, 0.15) is 31.4 Å². The molecule has 0 radical (unpaired) electrons. The van der Waals surface area contributed by atoms with Gasteiger partial charge in [0, 0.05) is 40.4 Å². The summed E-state index contributed by atoms with van der Waals surface area (Å²) in [4.78, 5) is 20.6. The van der Waals surface area contributed by atoms with E-state index in [1.54, 1.807) is 19.0 Å². The molecule has 0 aliphatic carbocycles. The molecule has 2 fully saturated rings. The van der Waals surface area contributed by atoms with Crippen molar-refractivity contribution in [3.8, 4) is 0 Å². The Labute approximate surface area is 185 Å². The number of guanidine groups is 1. The van der Waals surface area contributed by atoms with E-state index < -0.39 is 0 Å². The van der Waals surface area contributed by atoms with Crippen LogP contribution in [0.2, 0.25) is 0 Å². The van der Waals surface area contributed by atoms with Crippen LogP contribution < -0.4 is 5.32 Å². The normalized spacial score (nSPS) is 23.2. The molecule has 2 heterocycles. The van der Waals surface area contributed by atoms with Crippen molar-refractivity contribution < 1.29 is 9.53 Å². The SMILES string of the molecule is CC(NC(=NCC(=O)N(C)C)N1CCC(C2CCOC2)C1)c1ccccc1.I. The molecule has 7 heteroatoms. The highest BCUT2D eigenvalue weighted by atomic mass is 127. The highest BCUT2D eigenvalue weighted by molar-refractivity contribution is 14.0. The Bertz CT molecular complexity index is 647. The fourth-order valence-corrected chi connectivity index (χ4v) is 3.83. The number of hydrogen-bond donors (Lipinski definition) is 1. The zero-order valence-electron chi connectivity index (χ0n) is 17.1. The minimum Gasteiger partial charge on any atom is -0.381 e. The highest BCUT2D eigenvalue weighted by Crippen LogP contribution is 2.30. The number of nitrogens with zero attached hydrogens (tertiary/aromatic N) is 3. The Hall–Kier alpha value is -1.35. The third-order valence-corrected chi connectivity index (χ3v) is 5.66. The van der Waals surface area contributed by atoms with Gasteiger partial charge in [0.1, 0.15) is 6.54 Å². The average Bonchev–Trinajstić information content (AvgIpc) is 3.36. The van der Waals surface area contributed by atoms with Crippen molar-refractivity contribution in [3.63, 3.8) is 0 Å². The van der Waals surface area contributed by atoms with Gasteiger partial charge >= 0.3 is 0 Å². The maximum atomic E-state index is 12.0. The van der Waals surface area contributed by atoms with Crippen molar-refractivity contribution in [2.75, 3.05) is 46.9 Å². The van der Waals surface area contributed by atoms with Crippen molar-refractivity contribution in [3.05, 3.63) is 35.9 Å². The van der Waals surface area contributed by atoms with Gasteiger partial charge in [-0.3, -0.25) is 4.79 Å². The number of aliphatic imine (C=N–C) groups is 1. The van der Waals surface area contributed by atoms with Gasteiger partial charge in [-0.05, 0) is 37.2 Å². The molecule has 2 saturated heterocycles. The van der Waals surface area contributed by atoms with Crippen LogP contribution >= 0.6 is 24.0 Å². The van der Waals surface area contributed by atoms with Crippen LogP contribution in [0.5, 0.6) is 0 Å². The molecule has 28 heavy (non-hydrogen) atoms. The molecule has 0 saturated carbocycles. The van der Waals surface area contributed by atoms with Crippen LogP contribution in [0.15, 0.2) is 35.3 Å². The zero-order chi connectivity index (χ0) is 19.2. The van der Waals surface area contributed by atoms with Crippen LogP contribution in [-0.2, 0) is 9.53 Å². The molecule has 1 amide bonds. The Balaban J connectivity index is 0.00000280. The first kappa shape index (κ1) is 22.9. The summed E-state index contributed by atoms with van der Waals surface area (Å²) in [7, 11) is 3.53. The largest absolute Gasteiger partial charge is 0.381 e. The molecule has 3 rings (SSSR count). The first-order chi connectivity index (χ1) is 13.0. The number of halogens is 1.